The minimum atomic E-state index is -3.54. The van der Waals surface area contributed by atoms with Gasteiger partial charge in [0.15, 0.2) is 0 Å². The van der Waals surface area contributed by atoms with Crippen molar-refractivity contribution in [2.45, 2.75) is 38.6 Å². The zero-order valence-corrected chi connectivity index (χ0v) is 13.7. The van der Waals surface area contributed by atoms with E-state index in [0.717, 1.165) is 0 Å². The normalized spacial score (nSPS) is 19.7. The topological polar surface area (TPSA) is 72.2 Å². The highest BCUT2D eigenvalue weighted by molar-refractivity contribution is 7.89. The number of rotatable bonds is 3. The van der Waals surface area contributed by atoms with Crippen LogP contribution in [0.4, 0.5) is 0 Å². The van der Waals surface area contributed by atoms with E-state index in [2.05, 4.69) is 44.3 Å². The lowest BCUT2D eigenvalue weighted by molar-refractivity contribution is 0.457. The number of nitrogens with two attached hydrogens (primary N) is 1. The molecule has 1 aromatic rings. The Hall–Kier alpha value is -1.35. The van der Waals surface area contributed by atoms with Crippen molar-refractivity contribution in [3.63, 3.8) is 0 Å². The minimum absolute atomic E-state index is 0.0446. The molecule has 4 nitrogen and oxygen atoms in total. The SMILES string of the molecule is CC1(C)C(NS(=O)(=O)c2cccc(C#CCN)c2)C1(C)C. The summed E-state index contributed by atoms with van der Waals surface area (Å²) in [6.07, 6.45) is 0. The first-order valence-electron chi connectivity index (χ1n) is 6.94. The molecule has 0 spiro atoms. The minimum Gasteiger partial charge on any atom is -0.320 e. The van der Waals surface area contributed by atoms with Crippen molar-refractivity contribution in [1.82, 2.24) is 4.72 Å². The Labute approximate surface area is 127 Å². The van der Waals surface area contributed by atoms with E-state index in [1.54, 1.807) is 24.3 Å². The third kappa shape index (κ3) is 2.84. The van der Waals surface area contributed by atoms with Gasteiger partial charge in [0.25, 0.3) is 0 Å². The van der Waals surface area contributed by atoms with Crippen LogP contribution in [0.3, 0.4) is 0 Å². The summed E-state index contributed by atoms with van der Waals surface area (Å²) >= 11 is 0. The van der Waals surface area contributed by atoms with E-state index in [1.807, 2.05) is 0 Å². The number of sulfonamides is 1. The zero-order chi connectivity index (χ0) is 15.9. The predicted molar refractivity (Wildman–Crippen MR) is 84.0 cm³/mol. The lowest BCUT2D eigenvalue weighted by atomic mass is 10.0. The van der Waals surface area contributed by atoms with Gasteiger partial charge in [0.05, 0.1) is 11.4 Å². The maximum atomic E-state index is 12.5. The molecule has 0 bridgehead atoms. The fourth-order valence-electron chi connectivity index (χ4n) is 2.61. The fraction of sp³-hybridized carbons (Fsp3) is 0.500. The van der Waals surface area contributed by atoms with Crippen molar-refractivity contribution in [3.8, 4) is 11.8 Å². The lowest BCUT2D eigenvalue weighted by Gasteiger charge is -2.08. The Balaban J connectivity index is 2.25. The van der Waals surface area contributed by atoms with E-state index in [-0.39, 0.29) is 28.3 Å². The number of hydrogen-bond donors (Lipinski definition) is 2. The van der Waals surface area contributed by atoms with Gasteiger partial charge in [-0.05, 0) is 29.0 Å². The Bertz CT molecular complexity index is 695. The summed E-state index contributed by atoms with van der Waals surface area (Å²) in [5.41, 5.74) is 5.89. The molecule has 3 N–H and O–H groups in total. The molecule has 1 aromatic carbocycles. The van der Waals surface area contributed by atoms with Gasteiger partial charge >= 0.3 is 0 Å². The Morgan fingerprint density at radius 3 is 2.38 bits per heavy atom. The number of nitrogens with one attached hydrogen (secondary N) is 1. The molecule has 1 fully saturated rings. The van der Waals surface area contributed by atoms with Crippen LogP contribution in [0.2, 0.25) is 0 Å². The van der Waals surface area contributed by atoms with E-state index in [0.29, 0.717) is 5.56 Å². The second-order valence-electron chi connectivity index (χ2n) is 6.53. The Morgan fingerprint density at radius 2 is 1.86 bits per heavy atom. The lowest BCUT2D eigenvalue weighted by Crippen LogP contribution is -2.29. The van der Waals surface area contributed by atoms with Gasteiger partial charge in [0, 0.05) is 11.6 Å². The van der Waals surface area contributed by atoms with Crippen molar-refractivity contribution in [2.24, 2.45) is 16.6 Å². The average molecular weight is 306 g/mol. The monoisotopic (exact) mass is 306 g/mol. The molecule has 1 saturated carbocycles. The quantitative estimate of drug-likeness (QED) is 0.835. The van der Waals surface area contributed by atoms with Crippen LogP contribution in [-0.4, -0.2) is 21.0 Å². The van der Waals surface area contributed by atoms with Gasteiger partial charge in [-0.25, -0.2) is 13.1 Å². The van der Waals surface area contributed by atoms with Crippen LogP contribution in [0.15, 0.2) is 29.2 Å². The standard InChI is InChI=1S/C16H22N2O2S/c1-15(2)14(16(15,3)4)18-21(19,20)13-9-5-7-12(11-13)8-6-10-17/h5,7,9,11,14,18H,10,17H2,1-4H3. The first kappa shape index (κ1) is 16.0. The van der Waals surface area contributed by atoms with Crippen molar-refractivity contribution >= 4 is 10.0 Å². The molecule has 0 heterocycles. The maximum absolute atomic E-state index is 12.5. The van der Waals surface area contributed by atoms with E-state index >= 15 is 0 Å². The molecule has 0 atom stereocenters. The molecule has 0 saturated heterocycles. The fourth-order valence-corrected chi connectivity index (χ4v) is 4.18. The molecular formula is C16H22N2O2S. The van der Waals surface area contributed by atoms with Gasteiger partial charge in [-0.1, -0.05) is 45.6 Å². The van der Waals surface area contributed by atoms with Gasteiger partial charge in [0.1, 0.15) is 0 Å². The number of hydrogen-bond acceptors (Lipinski definition) is 3. The molecule has 0 amide bonds. The molecule has 0 unspecified atom stereocenters. The highest BCUT2D eigenvalue weighted by atomic mass is 32.2. The molecule has 0 aromatic heterocycles. The first-order chi connectivity index (χ1) is 9.63. The van der Waals surface area contributed by atoms with Crippen LogP contribution in [0.5, 0.6) is 0 Å². The van der Waals surface area contributed by atoms with Crippen molar-refractivity contribution < 1.29 is 8.42 Å². The molecule has 0 radical (unpaired) electrons. The van der Waals surface area contributed by atoms with Crippen LogP contribution in [0.25, 0.3) is 0 Å². The summed E-state index contributed by atoms with van der Waals surface area (Å²) in [5, 5.41) is 0. The van der Waals surface area contributed by atoms with Crippen molar-refractivity contribution in [3.05, 3.63) is 29.8 Å². The van der Waals surface area contributed by atoms with Crippen LogP contribution in [0, 0.1) is 22.7 Å². The van der Waals surface area contributed by atoms with Gasteiger partial charge in [0.2, 0.25) is 10.0 Å². The summed E-state index contributed by atoms with van der Waals surface area (Å²) in [6, 6.07) is 6.56. The molecule has 5 heteroatoms. The second kappa shape index (κ2) is 5.13. The largest absolute Gasteiger partial charge is 0.320 e. The van der Waals surface area contributed by atoms with Crippen LogP contribution in [-0.2, 0) is 10.0 Å². The van der Waals surface area contributed by atoms with Crippen LogP contribution < -0.4 is 10.5 Å². The smallest absolute Gasteiger partial charge is 0.240 e. The molecule has 1 aliphatic carbocycles. The van der Waals surface area contributed by atoms with Gasteiger partial charge in [-0.15, -0.1) is 0 Å². The first-order valence-corrected chi connectivity index (χ1v) is 8.42. The third-order valence-electron chi connectivity index (χ3n) is 4.77. The number of benzene rings is 1. The summed E-state index contributed by atoms with van der Waals surface area (Å²) in [5.74, 6) is 5.58. The second-order valence-corrected chi connectivity index (χ2v) is 8.25. The summed E-state index contributed by atoms with van der Waals surface area (Å²) in [4.78, 5) is 0.241. The molecule has 21 heavy (non-hydrogen) atoms. The highest BCUT2D eigenvalue weighted by Gasteiger charge is 2.65. The van der Waals surface area contributed by atoms with E-state index in [4.69, 9.17) is 5.73 Å². The van der Waals surface area contributed by atoms with E-state index in [9.17, 15) is 8.42 Å². The van der Waals surface area contributed by atoms with Crippen LogP contribution in [0.1, 0.15) is 33.3 Å². The average Bonchev–Trinajstić information content (AvgIpc) is 2.79. The Morgan fingerprint density at radius 1 is 1.24 bits per heavy atom. The summed E-state index contributed by atoms with van der Waals surface area (Å²) in [6.45, 7) is 8.54. The van der Waals surface area contributed by atoms with Gasteiger partial charge in [-0.2, -0.15) is 0 Å². The summed E-state index contributed by atoms with van der Waals surface area (Å²) < 4.78 is 27.8. The van der Waals surface area contributed by atoms with E-state index < -0.39 is 10.0 Å². The molecular weight excluding hydrogens is 284 g/mol. The predicted octanol–water partition coefficient (Wildman–Crippen LogP) is 1.71. The highest BCUT2D eigenvalue weighted by Crippen LogP contribution is 2.62. The zero-order valence-electron chi connectivity index (χ0n) is 12.9. The molecule has 0 aliphatic heterocycles. The van der Waals surface area contributed by atoms with Crippen LogP contribution >= 0.6 is 0 Å². The third-order valence-corrected chi connectivity index (χ3v) is 6.19. The Kier molecular flexibility index (Phi) is 3.92. The maximum Gasteiger partial charge on any atom is 0.240 e. The molecule has 1 aliphatic rings. The molecule has 114 valence electrons. The van der Waals surface area contributed by atoms with Crippen molar-refractivity contribution in [2.75, 3.05) is 6.54 Å². The van der Waals surface area contributed by atoms with Gasteiger partial charge in [-0.3, -0.25) is 0 Å². The van der Waals surface area contributed by atoms with E-state index in [1.165, 1.54) is 0 Å². The van der Waals surface area contributed by atoms with Crippen molar-refractivity contribution in [1.29, 1.82) is 0 Å². The summed E-state index contributed by atoms with van der Waals surface area (Å²) in [7, 11) is -3.54. The molecule has 2 rings (SSSR count). The van der Waals surface area contributed by atoms with Gasteiger partial charge < -0.3 is 5.73 Å².